The minimum atomic E-state index is -0.290. The van der Waals surface area contributed by atoms with Crippen molar-refractivity contribution in [3.05, 3.63) is 0 Å². The number of alkyl halides is 2. The zero-order valence-corrected chi connectivity index (χ0v) is 9.97. The van der Waals surface area contributed by atoms with E-state index in [-0.39, 0.29) is 16.8 Å². The van der Waals surface area contributed by atoms with Crippen LogP contribution in [0.3, 0.4) is 0 Å². The molecule has 74 valence electrons. The lowest BCUT2D eigenvalue weighted by Gasteiger charge is -2.21. The molecule has 0 fully saturated rings. The lowest BCUT2D eigenvalue weighted by atomic mass is 10.2. The van der Waals surface area contributed by atoms with Crippen LogP contribution >= 0.6 is 22.6 Å². The van der Waals surface area contributed by atoms with Crippen molar-refractivity contribution >= 4 is 22.6 Å². The first-order valence-electron chi connectivity index (χ1n) is 4.08. The maximum absolute atomic E-state index is 12.1. The molecule has 1 N–H and O–H groups in total. The van der Waals surface area contributed by atoms with Gasteiger partial charge < -0.3 is 4.74 Å². The molecule has 0 aromatic rings. The Kier molecular flexibility index (Phi) is 7.37. The molecule has 0 aliphatic rings. The first-order valence-corrected chi connectivity index (χ1v) is 5.32. The molecule has 0 heterocycles. The molecule has 0 aliphatic heterocycles. The van der Waals surface area contributed by atoms with Gasteiger partial charge in [0, 0.05) is 13.7 Å². The number of hydrogen-bond donors (Lipinski definition) is 1. The number of nitrogens with one attached hydrogen (secondary N) is 1. The Morgan fingerprint density at radius 2 is 2.08 bits per heavy atom. The van der Waals surface area contributed by atoms with Gasteiger partial charge in [0.1, 0.15) is 12.9 Å². The number of halogens is 2. The molecule has 0 bridgehead atoms. The highest BCUT2D eigenvalue weighted by Crippen LogP contribution is 2.04. The average molecular weight is 289 g/mol. The van der Waals surface area contributed by atoms with Crippen LogP contribution in [-0.2, 0) is 4.74 Å². The summed E-state index contributed by atoms with van der Waals surface area (Å²) in [4.78, 5) is 0. The Bertz CT molecular complexity index is 113. The van der Waals surface area contributed by atoms with Crippen LogP contribution < -0.4 is 5.32 Å². The number of ether oxygens (including phenoxy) is 1. The summed E-state index contributed by atoms with van der Waals surface area (Å²) in [6, 6.07) is 0. The van der Waals surface area contributed by atoms with Gasteiger partial charge >= 0.3 is 0 Å². The van der Waals surface area contributed by atoms with E-state index in [0.717, 1.165) is 0 Å². The van der Waals surface area contributed by atoms with Crippen LogP contribution in [0.2, 0.25) is 0 Å². The zero-order chi connectivity index (χ0) is 9.56. The molecule has 0 saturated carbocycles. The Morgan fingerprint density at radius 3 is 2.42 bits per heavy atom. The third kappa shape index (κ3) is 5.27. The van der Waals surface area contributed by atoms with Crippen LogP contribution in [0.25, 0.3) is 0 Å². The Labute approximate surface area is 87.4 Å². The quantitative estimate of drug-likeness (QED) is 0.458. The minimum Gasteiger partial charge on any atom is -0.366 e. The largest absolute Gasteiger partial charge is 0.366 e. The van der Waals surface area contributed by atoms with Crippen molar-refractivity contribution in [2.45, 2.75) is 24.0 Å². The van der Waals surface area contributed by atoms with Crippen molar-refractivity contribution in [3.63, 3.8) is 0 Å². The second-order valence-corrected chi connectivity index (χ2v) is 4.82. The van der Waals surface area contributed by atoms with E-state index < -0.39 is 0 Å². The molecule has 4 heteroatoms. The molecule has 0 aromatic heterocycles. The number of methoxy groups -OCH3 is 1. The van der Waals surface area contributed by atoms with Crippen LogP contribution in [0, 0.1) is 5.92 Å². The van der Waals surface area contributed by atoms with Gasteiger partial charge in [0.15, 0.2) is 0 Å². The standard InChI is InChI=1S/C8H17FINO/c1-6(2)8(12-3)11-5-7(10)4-9/h6-8,11H,4-5H2,1-3H3/t7?,8-/m1/s1. The lowest BCUT2D eigenvalue weighted by molar-refractivity contribution is 0.0378. The Hall–Kier alpha value is 0.580. The topological polar surface area (TPSA) is 21.3 Å². The van der Waals surface area contributed by atoms with Crippen LogP contribution in [0.5, 0.6) is 0 Å². The summed E-state index contributed by atoms with van der Waals surface area (Å²) in [5.74, 6) is 0.415. The van der Waals surface area contributed by atoms with Gasteiger partial charge in [-0.1, -0.05) is 36.4 Å². The van der Waals surface area contributed by atoms with Crippen LogP contribution in [0.4, 0.5) is 4.39 Å². The fourth-order valence-electron chi connectivity index (χ4n) is 0.890. The zero-order valence-electron chi connectivity index (χ0n) is 7.81. The van der Waals surface area contributed by atoms with Gasteiger partial charge in [0.2, 0.25) is 0 Å². The van der Waals surface area contributed by atoms with Gasteiger partial charge in [-0.3, -0.25) is 5.32 Å². The van der Waals surface area contributed by atoms with Crippen molar-refractivity contribution in [1.82, 2.24) is 5.32 Å². The van der Waals surface area contributed by atoms with E-state index in [1.54, 1.807) is 7.11 Å². The Morgan fingerprint density at radius 1 is 1.50 bits per heavy atom. The number of rotatable bonds is 6. The van der Waals surface area contributed by atoms with Gasteiger partial charge in [0.25, 0.3) is 0 Å². The molecule has 12 heavy (non-hydrogen) atoms. The van der Waals surface area contributed by atoms with E-state index >= 15 is 0 Å². The summed E-state index contributed by atoms with van der Waals surface area (Å²) in [6.45, 7) is 4.51. The lowest BCUT2D eigenvalue weighted by Crippen LogP contribution is -2.39. The monoisotopic (exact) mass is 289 g/mol. The Balaban J connectivity index is 3.58. The minimum absolute atomic E-state index is 0.0359. The summed E-state index contributed by atoms with van der Waals surface area (Å²) in [5.41, 5.74) is 0. The molecule has 1 unspecified atom stereocenters. The first kappa shape index (κ1) is 12.6. The molecule has 0 spiro atoms. The highest BCUT2D eigenvalue weighted by molar-refractivity contribution is 14.1. The maximum Gasteiger partial charge on any atom is 0.110 e. The van der Waals surface area contributed by atoms with E-state index in [4.69, 9.17) is 4.74 Å². The first-order chi connectivity index (χ1) is 5.61. The molecule has 0 aliphatic carbocycles. The molecule has 0 radical (unpaired) electrons. The summed E-state index contributed by atoms with van der Waals surface area (Å²) in [5, 5.41) is 3.15. The smallest absolute Gasteiger partial charge is 0.110 e. The molecule has 2 nitrogen and oxygen atoms in total. The fourth-order valence-corrected chi connectivity index (χ4v) is 1.14. The van der Waals surface area contributed by atoms with E-state index in [2.05, 4.69) is 41.8 Å². The molecule has 0 amide bonds. The fraction of sp³-hybridized carbons (Fsp3) is 1.00. The summed E-state index contributed by atoms with van der Waals surface area (Å²) in [7, 11) is 1.66. The second-order valence-electron chi connectivity index (χ2n) is 3.06. The molecule has 2 atom stereocenters. The van der Waals surface area contributed by atoms with Gasteiger partial charge in [-0.25, -0.2) is 4.39 Å². The normalized spacial score (nSPS) is 16.5. The third-order valence-electron chi connectivity index (χ3n) is 1.57. The summed E-state index contributed by atoms with van der Waals surface area (Å²) < 4.78 is 17.3. The summed E-state index contributed by atoms with van der Waals surface area (Å²) >= 11 is 2.09. The highest BCUT2D eigenvalue weighted by Gasteiger charge is 2.12. The molecule has 0 rings (SSSR count). The van der Waals surface area contributed by atoms with E-state index in [1.165, 1.54) is 0 Å². The maximum atomic E-state index is 12.1. The average Bonchev–Trinajstić information content (AvgIpc) is 2.04. The predicted molar refractivity (Wildman–Crippen MR) is 57.4 cm³/mol. The van der Waals surface area contributed by atoms with Crippen LogP contribution in [-0.4, -0.2) is 30.5 Å². The number of hydrogen-bond acceptors (Lipinski definition) is 2. The van der Waals surface area contributed by atoms with Gasteiger partial charge in [-0.05, 0) is 5.92 Å². The molecular weight excluding hydrogens is 272 g/mol. The van der Waals surface area contributed by atoms with Crippen LogP contribution in [0.15, 0.2) is 0 Å². The van der Waals surface area contributed by atoms with Crippen molar-refractivity contribution in [2.24, 2.45) is 5.92 Å². The van der Waals surface area contributed by atoms with Crippen LogP contribution in [0.1, 0.15) is 13.8 Å². The van der Waals surface area contributed by atoms with Gasteiger partial charge in [-0.15, -0.1) is 0 Å². The highest BCUT2D eigenvalue weighted by atomic mass is 127. The summed E-state index contributed by atoms with van der Waals surface area (Å²) in [6.07, 6.45) is 0.0359. The van der Waals surface area contributed by atoms with Gasteiger partial charge in [-0.2, -0.15) is 0 Å². The van der Waals surface area contributed by atoms with Crippen molar-refractivity contribution in [2.75, 3.05) is 20.3 Å². The SMILES string of the molecule is CO[C@@H](NCC(I)CF)C(C)C. The van der Waals surface area contributed by atoms with Crippen molar-refractivity contribution in [3.8, 4) is 0 Å². The van der Waals surface area contributed by atoms with Crippen molar-refractivity contribution < 1.29 is 9.13 Å². The van der Waals surface area contributed by atoms with E-state index in [0.29, 0.717) is 12.5 Å². The van der Waals surface area contributed by atoms with Gasteiger partial charge in [0.05, 0.1) is 3.92 Å². The van der Waals surface area contributed by atoms with Crippen molar-refractivity contribution in [1.29, 1.82) is 0 Å². The molecular formula is C8H17FINO. The van der Waals surface area contributed by atoms with E-state index in [1.807, 2.05) is 0 Å². The predicted octanol–water partition coefficient (Wildman–Crippen LogP) is 1.98. The third-order valence-corrected chi connectivity index (χ3v) is 2.34. The molecule has 0 aromatic carbocycles. The second kappa shape index (κ2) is 7.03. The molecule has 0 saturated heterocycles. The van der Waals surface area contributed by atoms with E-state index in [9.17, 15) is 4.39 Å².